The summed E-state index contributed by atoms with van der Waals surface area (Å²) in [7, 11) is -4.94. The number of nitrogens with one attached hydrogen (secondary N) is 1. The van der Waals surface area contributed by atoms with Crippen LogP contribution < -0.4 is 23.6 Å². The SMILES string of the molecule is Cc1cc[nH+]cc1.[O-][Cl+3]([O-])([O-])[O-]. The van der Waals surface area contributed by atoms with E-state index in [1.807, 2.05) is 24.5 Å². The molecule has 0 aliphatic carbocycles. The molecule has 0 spiro atoms. The van der Waals surface area contributed by atoms with Crippen LogP contribution in [-0.4, -0.2) is 0 Å². The molecule has 1 heterocycles. The van der Waals surface area contributed by atoms with Gasteiger partial charge >= 0.3 is 0 Å². The first-order chi connectivity index (χ1) is 5.39. The molecule has 0 unspecified atom stereocenters. The average Bonchev–Trinajstić information content (AvgIpc) is 1.85. The Labute approximate surface area is 71.7 Å². The molecular weight excluding hydrogens is 186 g/mol. The van der Waals surface area contributed by atoms with Crippen molar-refractivity contribution in [2.24, 2.45) is 0 Å². The monoisotopic (exact) mass is 193 g/mol. The van der Waals surface area contributed by atoms with E-state index in [-0.39, 0.29) is 0 Å². The van der Waals surface area contributed by atoms with E-state index in [9.17, 15) is 0 Å². The number of aromatic nitrogens is 1. The minimum atomic E-state index is -4.94. The highest BCUT2D eigenvalue weighted by Crippen LogP contribution is 1.86. The van der Waals surface area contributed by atoms with E-state index in [1.54, 1.807) is 0 Å². The van der Waals surface area contributed by atoms with Gasteiger partial charge in [-0.25, -0.2) is 23.6 Å². The van der Waals surface area contributed by atoms with E-state index in [0.29, 0.717) is 0 Å². The van der Waals surface area contributed by atoms with Crippen molar-refractivity contribution < 1.29 is 33.9 Å². The van der Waals surface area contributed by atoms with Gasteiger partial charge in [-0.1, -0.05) is 0 Å². The summed E-state index contributed by atoms with van der Waals surface area (Å²) in [5.74, 6) is 0. The first kappa shape index (κ1) is 11.3. The van der Waals surface area contributed by atoms with Crippen LogP contribution in [0.1, 0.15) is 5.56 Å². The first-order valence-electron chi connectivity index (χ1n) is 2.94. The normalized spacial score (nSPS) is 10.1. The third kappa shape index (κ3) is 12.0. The summed E-state index contributed by atoms with van der Waals surface area (Å²) >= 11 is 0. The molecule has 0 fully saturated rings. The summed E-state index contributed by atoms with van der Waals surface area (Å²) < 4.78 is 34.0. The zero-order valence-corrected chi connectivity index (χ0v) is 7.08. The van der Waals surface area contributed by atoms with E-state index in [4.69, 9.17) is 18.6 Å². The molecule has 0 amide bonds. The highest BCUT2D eigenvalue weighted by atomic mass is 35.7. The maximum Gasteiger partial charge on any atom is 0.167 e. The zero-order chi connectivity index (χ0) is 9.61. The molecule has 0 aromatic carbocycles. The maximum atomic E-state index is 8.49. The largest absolute Gasteiger partial charge is 0.222 e. The van der Waals surface area contributed by atoms with Gasteiger partial charge < -0.3 is 0 Å². The number of halogens is 1. The van der Waals surface area contributed by atoms with Gasteiger partial charge in [-0.15, -0.1) is 10.2 Å². The van der Waals surface area contributed by atoms with Crippen LogP contribution in [0.25, 0.3) is 0 Å². The molecule has 12 heavy (non-hydrogen) atoms. The molecule has 5 nitrogen and oxygen atoms in total. The van der Waals surface area contributed by atoms with Crippen LogP contribution in [0.4, 0.5) is 0 Å². The fourth-order valence-corrected chi connectivity index (χ4v) is 0.470. The molecule has 1 N–H and O–H groups in total. The van der Waals surface area contributed by atoms with Crippen molar-refractivity contribution in [2.45, 2.75) is 6.92 Å². The molecule has 68 valence electrons. The zero-order valence-electron chi connectivity index (χ0n) is 6.32. The van der Waals surface area contributed by atoms with Gasteiger partial charge in [0.1, 0.15) is 0 Å². The number of rotatable bonds is 0. The van der Waals surface area contributed by atoms with Gasteiger partial charge in [0, 0.05) is 12.1 Å². The molecule has 0 saturated carbocycles. The van der Waals surface area contributed by atoms with E-state index in [2.05, 4.69) is 11.9 Å². The fraction of sp³-hybridized carbons (Fsp3) is 0.167. The third-order valence-electron chi connectivity index (χ3n) is 0.885. The number of pyridine rings is 1. The second-order valence-corrected chi connectivity index (χ2v) is 2.71. The highest BCUT2D eigenvalue weighted by molar-refractivity contribution is 5.02. The van der Waals surface area contributed by atoms with Crippen molar-refractivity contribution in [3.05, 3.63) is 30.1 Å². The van der Waals surface area contributed by atoms with Crippen LogP contribution in [0.5, 0.6) is 0 Å². The van der Waals surface area contributed by atoms with Crippen LogP contribution in [0.3, 0.4) is 0 Å². The van der Waals surface area contributed by atoms with Gasteiger partial charge in [-0.3, -0.25) is 0 Å². The third-order valence-corrected chi connectivity index (χ3v) is 0.885. The summed E-state index contributed by atoms with van der Waals surface area (Å²) in [4.78, 5) is 2.93. The van der Waals surface area contributed by atoms with Crippen LogP contribution in [0, 0.1) is 17.2 Å². The van der Waals surface area contributed by atoms with Gasteiger partial charge in [0.15, 0.2) is 12.4 Å². The van der Waals surface area contributed by atoms with E-state index in [0.717, 1.165) is 0 Å². The van der Waals surface area contributed by atoms with Crippen molar-refractivity contribution in [3.8, 4) is 0 Å². The predicted octanol–water partition coefficient (Wildman–Crippen LogP) is -3.95. The average molecular weight is 194 g/mol. The number of aryl methyl sites for hydroxylation is 1. The van der Waals surface area contributed by atoms with Gasteiger partial charge in [0.2, 0.25) is 0 Å². The Bertz CT molecular complexity index is 205. The standard InChI is InChI=1S/C6H7N.ClHO4/c1-6-2-4-7-5-3-6;2-1(3,4)5/h2-5H,1H3;(H,2,3,4,5). The summed E-state index contributed by atoms with van der Waals surface area (Å²) in [6.07, 6.45) is 3.82. The maximum absolute atomic E-state index is 8.49. The molecule has 0 radical (unpaired) electrons. The summed E-state index contributed by atoms with van der Waals surface area (Å²) in [5, 5.41) is 0. The van der Waals surface area contributed by atoms with Crippen molar-refractivity contribution in [2.75, 3.05) is 0 Å². The van der Waals surface area contributed by atoms with E-state index in [1.165, 1.54) is 5.56 Å². The predicted molar refractivity (Wildman–Crippen MR) is 27.7 cm³/mol. The Hall–Kier alpha value is -0.720. The number of hydrogen-bond donors (Lipinski definition) is 0. The van der Waals surface area contributed by atoms with Crippen molar-refractivity contribution in [1.82, 2.24) is 0 Å². The molecule has 0 aliphatic heterocycles. The lowest BCUT2D eigenvalue weighted by atomic mass is 10.3. The lowest BCUT2D eigenvalue weighted by Gasteiger charge is -2.17. The molecular formula is C6H8ClNO4. The number of H-pyrrole nitrogens is 1. The molecule has 1 aromatic heterocycles. The van der Waals surface area contributed by atoms with Crippen LogP contribution >= 0.6 is 0 Å². The minimum Gasteiger partial charge on any atom is -0.222 e. The smallest absolute Gasteiger partial charge is 0.167 e. The van der Waals surface area contributed by atoms with Gasteiger partial charge in [-0.05, 0) is 12.5 Å². The summed E-state index contributed by atoms with van der Waals surface area (Å²) in [6, 6.07) is 4.06. The molecule has 1 rings (SSSR count). The van der Waals surface area contributed by atoms with Crippen molar-refractivity contribution >= 4 is 0 Å². The summed E-state index contributed by atoms with van der Waals surface area (Å²) in [5.41, 5.74) is 1.29. The molecule has 0 saturated heterocycles. The van der Waals surface area contributed by atoms with Crippen molar-refractivity contribution in [3.63, 3.8) is 0 Å². The lowest BCUT2D eigenvalue weighted by Crippen LogP contribution is -2.68. The molecule has 0 atom stereocenters. The minimum absolute atomic E-state index is 1.29. The topological polar surface area (TPSA) is 106 Å². The van der Waals surface area contributed by atoms with E-state index >= 15 is 0 Å². The molecule has 1 aromatic rings. The Morgan fingerprint density at radius 1 is 1.08 bits per heavy atom. The second kappa shape index (κ2) is 5.02. The highest BCUT2D eigenvalue weighted by Gasteiger charge is 1.84. The van der Waals surface area contributed by atoms with Crippen LogP contribution in [0.15, 0.2) is 24.5 Å². The van der Waals surface area contributed by atoms with Gasteiger partial charge in [0.05, 0.1) is 0 Å². The van der Waals surface area contributed by atoms with Crippen LogP contribution in [-0.2, 0) is 0 Å². The fourth-order valence-electron chi connectivity index (χ4n) is 0.470. The van der Waals surface area contributed by atoms with Crippen molar-refractivity contribution in [1.29, 1.82) is 0 Å². The Morgan fingerprint density at radius 2 is 1.42 bits per heavy atom. The quantitative estimate of drug-likeness (QED) is 0.419. The molecule has 6 heteroatoms. The van der Waals surface area contributed by atoms with Gasteiger partial charge in [-0.2, -0.15) is 0 Å². The second-order valence-electron chi connectivity index (χ2n) is 1.96. The van der Waals surface area contributed by atoms with E-state index < -0.39 is 10.2 Å². The van der Waals surface area contributed by atoms with Crippen LogP contribution in [0.2, 0.25) is 0 Å². The molecule has 0 bridgehead atoms. The molecule has 0 aliphatic rings. The Morgan fingerprint density at radius 3 is 1.58 bits per heavy atom. The van der Waals surface area contributed by atoms with Gasteiger partial charge in [0.25, 0.3) is 0 Å². The number of hydrogen-bond acceptors (Lipinski definition) is 4. The number of aromatic amines is 1. The Balaban J connectivity index is 0.000000217. The lowest BCUT2D eigenvalue weighted by molar-refractivity contribution is -2.00. The Kier molecular flexibility index (Phi) is 4.72. The first-order valence-corrected chi connectivity index (χ1v) is 4.17. The summed E-state index contributed by atoms with van der Waals surface area (Å²) in [6.45, 7) is 2.06.